The van der Waals surface area contributed by atoms with Crippen LogP contribution in [0, 0.1) is 5.92 Å². The van der Waals surface area contributed by atoms with Gasteiger partial charge in [-0.3, -0.25) is 0 Å². The van der Waals surface area contributed by atoms with Crippen molar-refractivity contribution in [3.05, 3.63) is 71.1 Å². The van der Waals surface area contributed by atoms with Crippen LogP contribution in [0.25, 0.3) is 10.1 Å². The van der Waals surface area contributed by atoms with Gasteiger partial charge in [-0.1, -0.05) is 62.4 Å². The van der Waals surface area contributed by atoms with E-state index < -0.39 is 0 Å². The zero-order chi connectivity index (χ0) is 14.7. The molecule has 21 heavy (non-hydrogen) atoms. The number of benzene rings is 2. The number of hydrogen-bond donors (Lipinski definition) is 1. The van der Waals surface area contributed by atoms with Crippen molar-refractivity contribution in [1.29, 1.82) is 0 Å². The van der Waals surface area contributed by atoms with Crippen LogP contribution in [-0.4, -0.2) is 0 Å². The van der Waals surface area contributed by atoms with Crippen molar-refractivity contribution in [2.24, 2.45) is 5.92 Å². The molecule has 1 atom stereocenters. The molecule has 0 saturated carbocycles. The van der Waals surface area contributed by atoms with Crippen molar-refractivity contribution in [3.63, 3.8) is 0 Å². The summed E-state index contributed by atoms with van der Waals surface area (Å²) >= 11 is 1.83. The Labute approximate surface area is 130 Å². The molecule has 0 aliphatic heterocycles. The van der Waals surface area contributed by atoms with Crippen molar-refractivity contribution in [1.82, 2.24) is 5.32 Å². The fourth-order valence-corrected chi connectivity index (χ4v) is 3.75. The van der Waals surface area contributed by atoms with E-state index in [1.54, 1.807) is 0 Å². The molecule has 3 rings (SSSR count). The minimum Gasteiger partial charge on any atom is -0.306 e. The molecular weight excluding hydrogens is 274 g/mol. The molecule has 108 valence electrons. The summed E-state index contributed by atoms with van der Waals surface area (Å²) in [5.41, 5.74) is 2.77. The third-order valence-electron chi connectivity index (χ3n) is 3.90. The lowest BCUT2D eigenvalue weighted by atomic mass is 9.96. The summed E-state index contributed by atoms with van der Waals surface area (Å²) in [4.78, 5) is 0. The van der Waals surface area contributed by atoms with Gasteiger partial charge in [0.15, 0.2) is 0 Å². The number of thiophene rings is 1. The Morgan fingerprint density at radius 1 is 0.952 bits per heavy atom. The van der Waals surface area contributed by atoms with Gasteiger partial charge >= 0.3 is 0 Å². The van der Waals surface area contributed by atoms with Gasteiger partial charge in [0.2, 0.25) is 0 Å². The highest BCUT2D eigenvalue weighted by molar-refractivity contribution is 7.17. The summed E-state index contributed by atoms with van der Waals surface area (Å²) in [6.45, 7) is 5.47. The normalized spacial score (nSPS) is 12.9. The van der Waals surface area contributed by atoms with E-state index in [2.05, 4.69) is 79.1 Å². The molecule has 1 unspecified atom stereocenters. The molecule has 1 aromatic heterocycles. The zero-order valence-corrected chi connectivity index (χ0v) is 13.4. The van der Waals surface area contributed by atoms with E-state index in [1.165, 1.54) is 21.2 Å². The molecule has 0 aliphatic rings. The Morgan fingerprint density at radius 3 is 2.43 bits per heavy atom. The van der Waals surface area contributed by atoms with E-state index in [4.69, 9.17) is 0 Å². The smallest absolute Gasteiger partial charge is 0.0346 e. The molecule has 0 bridgehead atoms. The summed E-state index contributed by atoms with van der Waals surface area (Å²) in [6, 6.07) is 19.8. The van der Waals surface area contributed by atoms with Crippen LogP contribution < -0.4 is 5.32 Å². The van der Waals surface area contributed by atoms with Crippen molar-refractivity contribution in [3.8, 4) is 0 Å². The summed E-state index contributed by atoms with van der Waals surface area (Å²) in [5.74, 6) is 0.567. The first kappa shape index (κ1) is 14.3. The van der Waals surface area contributed by atoms with Crippen molar-refractivity contribution >= 4 is 21.4 Å². The second-order valence-electron chi connectivity index (χ2n) is 5.77. The Hall–Kier alpha value is -1.64. The lowest BCUT2D eigenvalue weighted by molar-refractivity contribution is 0.411. The van der Waals surface area contributed by atoms with E-state index in [-0.39, 0.29) is 0 Å². The maximum Gasteiger partial charge on any atom is 0.0346 e. The molecule has 1 heterocycles. The average molecular weight is 295 g/mol. The molecule has 1 nitrogen and oxygen atoms in total. The highest BCUT2D eigenvalue weighted by atomic mass is 32.1. The second kappa shape index (κ2) is 6.42. The molecule has 0 spiro atoms. The van der Waals surface area contributed by atoms with Gasteiger partial charge in [-0.05, 0) is 33.9 Å². The van der Waals surface area contributed by atoms with Crippen LogP contribution in [0.5, 0.6) is 0 Å². The van der Waals surface area contributed by atoms with Gasteiger partial charge in [-0.15, -0.1) is 11.3 Å². The first-order valence-corrected chi connectivity index (χ1v) is 8.37. The highest BCUT2D eigenvalue weighted by Crippen LogP contribution is 2.27. The van der Waals surface area contributed by atoms with Gasteiger partial charge in [0, 0.05) is 17.3 Å². The van der Waals surface area contributed by atoms with Crippen LogP contribution in [0.4, 0.5) is 0 Å². The molecule has 0 radical (unpaired) electrons. The molecule has 3 aromatic rings. The number of hydrogen-bond acceptors (Lipinski definition) is 2. The third kappa shape index (κ3) is 3.17. The van der Waals surface area contributed by atoms with Crippen LogP contribution in [0.2, 0.25) is 0 Å². The van der Waals surface area contributed by atoms with Crippen molar-refractivity contribution in [2.45, 2.75) is 26.4 Å². The van der Waals surface area contributed by atoms with E-state index in [9.17, 15) is 0 Å². The standard InChI is InChI=1S/C19H21NS/c1-14(2)19(15-8-4-3-5-9-15)20-12-16-13-21-18-11-7-6-10-17(16)18/h3-11,13-14,19-20H,12H2,1-2H3. The molecular formula is C19H21NS. The minimum atomic E-state index is 0.393. The number of rotatable bonds is 5. The molecule has 0 saturated heterocycles. The predicted octanol–water partition coefficient (Wildman–Crippen LogP) is 5.39. The number of nitrogens with one attached hydrogen (secondary N) is 1. The predicted molar refractivity (Wildman–Crippen MR) is 92.7 cm³/mol. The van der Waals surface area contributed by atoms with Gasteiger partial charge < -0.3 is 5.32 Å². The largest absolute Gasteiger partial charge is 0.306 e. The zero-order valence-electron chi connectivity index (χ0n) is 12.5. The Kier molecular flexibility index (Phi) is 4.37. The molecule has 1 N–H and O–H groups in total. The van der Waals surface area contributed by atoms with Crippen LogP contribution >= 0.6 is 11.3 Å². The Bertz CT molecular complexity index is 700. The second-order valence-corrected chi connectivity index (χ2v) is 6.68. The van der Waals surface area contributed by atoms with Gasteiger partial charge in [0.05, 0.1) is 0 Å². The Balaban J connectivity index is 1.79. The molecule has 0 fully saturated rings. The van der Waals surface area contributed by atoms with Crippen LogP contribution in [0.1, 0.15) is 31.0 Å². The van der Waals surface area contributed by atoms with Crippen LogP contribution in [0.15, 0.2) is 60.0 Å². The lowest BCUT2D eigenvalue weighted by Crippen LogP contribution is -2.25. The van der Waals surface area contributed by atoms with Crippen molar-refractivity contribution < 1.29 is 0 Å². The summed E-state index contributed by atoms with van der Waals surface area (Å²) in [7, 11) is 0. The fraction of sp³-hybridized carbons (Fsp3) is 0.263. The van der Waals surface area contributed by atoms with Crippen LogP contribution in [0.3, 0.4) is 0 Å². The minimum absolute atomic E-state index is 0.393. The lowest BCUT2D eigenvalue weighted by Gasteiger charge is -2.23. The fourth-order valence-electron chi connectivity index (χ4n) is 2.79. The molecule has 2 heteroatoms. The van der Waals surface area contributed by atoms with Crippen molar-refractivity contribution in [2.75, 3.05) is 0 Å². The van der Waals surface area contributed by atoms with Gasteiger partial charge in [-0.2, -0.15) is 0 Å². The SMILES string of the molecule is CC(C)C(NCc1csc2ccccc12)c1ccccc1. The maximum absolute atomic E-state index is 3.74. The van der Waals surface area contributed by atoms with E-state index in [0.29, 0.717) is 12.0 Å². The number of fused-ring (bicyclic) bond motifs is 1. The first-order chi connectivity index (χ1) is 10.3. The monoisotopic (exact) mass is 295 g/mol. The highest BCUT2D eigenvalue weighted by Gasteiger charge is 2.15. The quantitative estimate of drug-likeness (QED) is 0.665. The van der Waals surface area contributed by atoms with Gasteiger partial charge in [0.25, 0.3) is 0 Å². The van der Waals surface area contributed by atoms with Crippen LogP contribution in [-0.2, 0) is 6.54 Å². The summed E-state index contributed by atoms with van der Waals surface area (Å²) in [6.07, 6.45) is 0. The van der Waals surface area contributed by atoms with E-state index in [1.807, 2.05) is 11.3 Å². The molecule has 2 aromatic carbocycles. The molecule has 0 aliphatic carbocycles. The van der Waals surface area contributed by atoms with E-state index in [0.717, 1.165) is 6.54 Å². The third-order valence-corrected chi connectivity index (χ3v) is 4.91. The average Bonchev–Trinajstić information content (AvgIpc) is 2.92. The first-order valence-electron chi connectivity index (χ1n) is 7.49. The van der Waals surface area contributed by atoms with E-state index >= 15 is 0 Å². The maximum atomic E-state index is 3.74. The summed E-state index contributed by atoms with van der Waals surface area (Å²) in [5, 5.41) is 7.39. The molecule has 0 amide bonds. The summed E-state index contributed by atoms with van der Waals surface area (Å²) < 4.78 is 1.37. The van der Waals surface area contributed by atoms with Gasteiger partial charge in [-0.25, -0.2) is 0 Å². The van der Waals surface area contributed by atoms with Gasteiger partial charge in [0.1, 0.15) is 0 Å². The topological polar surface area (TPSA) is 12.0 Å². The Morgan fingerprint density at radius 2 is 1.67 bits per heavy atom.